The Kier molecular flexibility index (Phi) is 30.1. The third kappa shape index (κ3) is 27.0. The monoisotopic (exact) mass is 821 g/mol. The molecular formula is C36H59N3O18. The Balaban J connectivity index is 1.15. The molecule has 2 aliphatic rings. The number of rotatable bonds is 40. The number of amides is 5. The van der Waals surface area contributed by atoms with E-state index in [0.717, 1.165) is 4.90 Å². The van der Waals surface area contributed by atoms with Crippen molar-refractivity contribution in [2.24, 2.45) is 0 Å². The quantitative estimate of drug-likeness (QED) is 0.0553. The van der Waals surface area contributed by atoms with Gasteiger partial charge in [0.05, 0.1) is 152 Å². The largest absolute Gasteiger partial charge is 0.378 e. The molecule has 0 aliphatic carbocycles. The lowest BCUT2D eigenvalue weighted by atomic mass is 10.3. The van der Waals surface area contributed by atoms with Gasteiger partial charge in [-0.15, -0.1) is 5.06 Å². The summed E-state index contributed by atoms with van der Waals surface area (Å²) in [4.78, 5) is 74.9. The minimum atomic E-state index is -0.707. The molecule has 0 bridgehead atoms. The average molecular weight is 822 g/mol. The molecule has 5 amide bonds. The van der Waals surface area contributed by atoms with Crippen LogP contribution in [0.4, 0.5) is 0 Å². The molecule has 0 aromatic carbocycles. The second-order valence-corrected chi connectivity index (χ2v) is 11.8. The zero-order chi connectivity index (χ0) is 41.0. The molecule has 0 atom stereocenters. The van der Waals surface area contributed by atoms with Crippen LogP contribution in [0.3, 0.4) is 0 Å². The van der Waals surface area contributed by atoms with Crippen molar-refractivity contribution < 1.29 is 85.7 Å². The number of carbonyl (C=O) groups excluding carboxylic acids is 6. The van der Waals surface area contributed by atoms with Crippen LogP contribution in [0.2, 0.25) is 0 Å². The van der Waals surface area contributed by atoms with Crippen LogP contribution in [0.5, 0.6) is 0 Å². The maximum absolute atomic E-state index is 11.8. The van der Waals surface area contributed by atoms with E-state index in [0.29, 0.717) is 144 Å². The maximum atomic E-state index is 11.8. The molecule has 21 heteroatoms. The van der Waals surface area contributed by atoms with Crippen molar-refractivity contribution in [1.82, 2.24) is 15.3 Å². The van der Waals surface area contributed by atoms with E-state index >= 15 is 0 Å². The fourth-order valence-electron chi connectivity index (χ4n) is 4.48. The first-order valence-corrected chi connectivity index (χ1v) is 19.1. The topological polar surface area (TPSA) is 232 Å². The molecule has 0 aromatic heterocycles. The molecule has 0 aromatic rings. The van der Waals surface area contributed by atoms with Crippen molar-refractivity contribution in [3.05, 3.63) is 12.2 Å². The van der Waals surface area contributed by atoms with E-state index in [2.05, 4.69) is 5.32 Å². The van der Waals surface area contributed by atoms with Gasteiger partial charge in [-0.2, -0.15) is 0 Å². The number of hydrogen-bond donors (Lipinski definition) is 1. The second-order valence-electron chi connectivity index (χ2n) is 11.8. The minimum Gasteiger partial charge on any atom is -0.378 e. The van der Waals surface area contributed by atoms with Crippen LogP contribution in [0.1, 0.15) is 25.7 Å². The summed E-state index contributed by atoms with van der Waals surface area (Å²) >= 11 is 0. The average Bonchev–Trinajstić information content (AvgIpc) is 3.70. The number of ether oxygens (including phenoxy) is 11. The summed E-state index contributed by atoms with van der Waals surface area (Å²) in [7, 11) is 0. The molecule has 0 radical (unpaired) electrons. The molecule has 2 rings (SSSR count). The van der Waals surface area contributed by atoms with Crippen molar-refractivity contribution in [2.45, 2.75) is 25.7 Å². The van der Waals surface area contributed by atoms with Crippen LogP contribution < -0.4 is 5.32 Å². The molecule has 1 saturated heterocycles. The van der Waals surface area contributed by atoms with Crippen LogP contribution in [-0.2, 0) is 85.7 Å². The van der Waals surface area contributed by atoms with Gasteiger partial charge in [0.2, 0.25) is 5.91 Å². The Labute approximate surface area is 332 Å². The Hall–Kier alpha value is -3.48. The zero-order valence-electron chi connectivity index (χ0n) is 32.7. The number of nitrogens with zero attached hydrogens (tertiary/aromatic N) is 2. The van der Waals surface area contributed by atoms with Gasteiger partial charge in [0.25, 0.3) is 23.6 Å². The second kappa shape index (κ2) is 34.6. The molecule has 326 valence electrons. The summed E-state index contributed by atoms with van der Waals surface area (Å²) in [5, 5.41) is 3.18. The van der Waals surface area contributed by atoms with E-state index in [9.17, 15) is 28.8 Å². The molecule has 0 spiro atoms. The predicted molar refractivity (Wildman–Crippen MR) is 194 cm³/mol. The van der Waals surface area contributed by atoms with Gasteiger partial charge in [0.1, 0.15) is 0 Å². The zero-order valence-corrected chi connectivity index (χ0v) is 32.7. The first kappa shape index (κ1) is 49.7. The molecular weight excluding hydrogens is 762 g/mol. The lowest BCUT2D eigenvalue weighted by Crippen LogP contribution is -2.35. The lowest BCUT2D eigenvalue weighted by Gasteiger charge is -2.13. The smallest absolute Gasteiger partial charge is 0.335 e. The third-order valence-electron chi connectivity index (χ3n) is 7.40. The number of hydrogen-bond acceptors (Lipinski definition) is 18. The highest BCUT2D eigenvalue weighted by Gasteiger charge is 2.32. The Bertz CT molecular complexity index is 1140. The first-order valence-electron chi connectivity index (χ1n) is 19.1. The lowest BCUT2D eigenvalue weighted by molar-refractivity contribution is -0.198. The molecule has 57 heavy (non-hydrogen) atoms. The highest BCUT2D eigenvalue weighted by Crippen LogP contribution is 2.12. The van der Waals surface area contributed by atoms with E-state index in [-0.39, 0.29) is 51.3 Å². The molecule has 21 nitrogen and oxygen atoms in total. The van der Waals surface area contributed by atoms with Gasteiger partial charge in [-0.3, -0.25) is 28.9 Å². The maximum Gasteiger partial charge on any atom is 0.335 e. The van der Waals surface area contributed by atoms with Crippen LogP contribution in [0.15, 0.2) is 12.2 Å². The van der Waals surface area contributed by atoms with Crippen molar-refractivity contribution in [1.29, 1.82) is 0 Å². The fraction of sp³-hybridized carbons (Fsp3) is 0.778. The highest BCUT2D eigenvalue weighted by molar-refractivity contribution is 6.13. The summed E-state index contributed by atoms with van der Waals surface area (Å²) in [5.41, 5.74) is 0. The summed E-state index contributed by atoms with van der Waals surface area (Å²) in [5.74, 6) is -2.81. The van der Waals surface area contributed by atoms with E-state index < -0.39 is 29.6 Å². The van der Waals surface area contributed by atoms with Crippen LogP contribution in [0.25, 0.3) is 0 Å². The van der Waals surface area contributed by atoms with E-state index in [4.69, 9.17) is 56.9 Å². The molecule has 0 unspecified atom stereocenters. The fourth-order valence-corrected chi connectivity index (χ4v) is 4.48. The Morgan fingerprint density at radius 3 is 1.12 bits per heavy atom. The van der Waals surface area contributed by atoms with Gasteiger partial charge in [0.15, 0.2) is 0 Å². The predicted octanol–water partition coefficient (Wildman–Crippen LogP) is -1.40. The number of nitrogens with one attached hydrogen (secondary N) is 1. The number of hydroxylamine groups is 2. The van der Waals surface area contributed by atoms with Gasteiger partial charge in [-0.25, -0.2) is 4.79 Å². The summed E-state index contributed by atoms with van der Waals surface area (Å²) < 4.78 is 59.6. The number of imide groups is 2. The molecule has 2 aliphatic heterocycles. The summed E-state index contributed by atoms with van der Waals surface area (Å²) in [6.45, 7) is 9.10. The van der Waals surface area contributed by atoms with Crippen LogP contribution in [0, 0.1) is 0 Å². The standard InChI is InChI=1S/C36H59N3O18/c40-31(5-8-38-32(41)1-2-33(38)42)37-7-10-47-12-14-49-16-18-51-20-22-53-24-26-55-28-30-56-29-27-54-25-23-52-21-19-50-17-15-48-13-11-46-9-6-36(45)57-39-34(43)3-4-35(39)44/h1-2H,3-30H2,(H,37,40). The third-order valence-corrected chi connectivity index (χ3v) is 7.40. The molecule has 1 fully saturated rings. The van der Waals surface area contributed by atoms with E-state index in [1.165, 1.54) is 12.2 Å². The van der Waals surface area contributed by atoms with E-state index in [1.807, 2.05) is 0 Å². The first-order chi connectivity index (χ1) is 27.9. The van der Waals surface area contributed by atoms with Crippen molar-refractivity contribution in [3.8, 4) is 0 Å². The Morgan fingerprint density at radius 2 is 0.772 bits per heavy atom. The van der Waals surface area contributed by atoms with Gasteiger partial charge in [-0.1, -0.05) is 0 Å². The van der Waals surface area contributed by atoms with Crippen molar-refractivity contribution >= 4 is 35.5 Å². The summed E-state index contributed by atoms with van der Waals surface area (Å²) in [6, 6.07) is 0. The van der Waals surface area contributed by atoms with Crippen LogP contribution in [-0.4, -0.2) is 204 Å². The normalized spacial score (nSPS) is 14.1. The Morgan fingerprint density at radius 1 is 0.456 bits per heavy atom. The highest BCUT2D eigenvalue weighted by atomic mass is 16.7. The van der Waals surface area contributed by atoms with Crippen molar-refractivity contribution in [3.63, 3.8) is 0 Å². The minimum absolute atomic E-state index is 0.0429. The van der Waals surface area contributed by atoms with Gasteiger partial charge < -0.3 is 62.3 Å². The molecule has 0 saturated carbocycles. The molecule has 2 heterocycles. The van der Waals surface area contributed by atoms with Gasteiger partial charge in [-0.05, 0) is 0 Å². The summed E-state index contributed by atoms with van der Waals surface area (Å²) in [6.07, 6.45) is 2.44. The number of carbonyl (C=O) groups is 6. The van der Waals surface area contributed by atoms with Gasteiger partial charge >= 0.3 is 5.97 Å². The molecule has 1 N–H and O–H groups in total. The SMILES string of the molecule is O=C(CCN1C(=O)C=CC1=O)NCCOCCOCCOCCOCCOCCOCCOCCOCCOCCOCCOCCC(=O)ON1C(=O)CCC1=O. The van der Waals surface area contributed by atoms with Crippen molar-refractivity contribution in [2.75, 3.05) is 158 Å². The van der Waals surface area contributed by atoms with Gasteiger partial charge in [0, 0.05) is 44.5 Å². The van der Waals surface area contributed by atoms with E-state index in [1.54, 1.807) is 0 Å². The van der Waals surface area contributed by atoms with Crippen LogP contribution >= 0.6 is 0 Å².